The average molecular weight is 461 g/mol. The van der Waals surface area contributed by atoms with Crippen LogP contribution in [0.2, 0.25) is 0 Å². The Morgan fingerprint density at radius 1 is 1.19 bits per heavy atom. The van der Waals surface area contributed by atoms with Crippen LogP contribution in [0.5, 0.6) is 11.5 Å². The van der Waals surface area contributed by atoms with Crippen LogP contribution in [0.4, 0.5) is 0 Å². The van der Waals surface area contributed by atoms with Gasteiger partial charge in [-0.05, 0) is 54.4 Å². The molecule has 1 saturated heterocycles. The fourth-order valence-electron chi connectivity index (χ4n) is 3.31. The predicted molar refractivity (Wildman–Crippen MR) is 121 cm³/mol. The van der Waals surface area contributed by atoms with Crippen molar-refractivity contribution >= 4 is 15.9 Å². The van der Waals surface area contributed by atoms with Gasteiger partial charge in [0.15, 0.2) is 0 Å². The van der Waals surface area contributed by atoms with E-state index >= 15 is 0 Å². The second-order valence-electron chi connectivity index (χ2n) is 7.11. The maximum absolute atomic E-state index is 12.6. The van der Waals surface area contributed by atoms with E-state index in [1.165, 1.54) is 16.4 Å². The van der Waals surface area contributed by atoms with E-state index in [4.69, 9.17) is 14.2 Å². The van der Waals surface area contributed by atoms with Crippen molar-refractivity contribution in [1.82, 2.24) is 9.62 Å². The van der Waals surface area contributed by atoms with Gasteiger partial charge in [0.2, 0.25) is 10.0 Å². The number of hydrogen-bond acceptors (Lipinski definition) is 6. The van der Waals surface area contributed by atoms with E-state index in [2.05, 4.69) is 11.9 Å². The number of benzene rings is 2. The van der Waals surface area contributed by atoms with Crippen LogP contribution in [0, 0.1) is 0 Å². The standard InChI is InChI=1S/C23H28N2O6S/c1-3-4-18-17-19(5-10-22(18)29-2)23(26)24-11-14-31-20-6-8-21(9-7-20)32(27,28)25-12-15-30-16-13-25/h3,5-10,17H,1,4,11-16H2,2H3,(H,24,26). The van der Waals surface area contributed by atoms with E-state index < -0.39 is 10.0 Å². The summed E-state index contributed by atoms with van der Waals surface area (Å²) < 4.78 is 42.8. The zero-order valence-electron chi connectivity index (χ0n) is 18.1. The highest BCUT2D eigenvalue weighted by atomic mass is 32.2. The molecule has 0 atom stereocenters. The number of nitrogens with one attached hydrogen (secondary N) is 1. The molecule has 172 valence electrons. The monoisotopic (exact) mass is 460 g/mol. The molecule has 1 heterocycles. The summed E-state index contributed by atoms with van der Waals surface area (Å²) in [6.07, 6.45) is 2.36. The van der Waals surface area contributed by atoms with Crippen LogP contribution in [0.15, 0.2) is 60.0 Å². The van der Waals surface area contributed by atoms with Crippen molar-refractivity contribution in [3.05, 3.63) is 66.2 Å². The summed E-state index contributed by atoms with van der Waals surface area (Å²) >= 11 is 0. The fourth-order valence-corrected chi connectivity index (χ4v) is 4.72. The molecular formula is C23H28N2O6S. The lowest BCUT2D eigenvalue weighted by molar-refractivity contribution is 0.0730. The SMILES string of the molecule is C=CCc1cc(C(=O)NCCOc2ccc(S(=O)(=O)N3CCOCC3)cc2)ccc1OC. The number of methoxy groups -OCH3 is 1. The smallest absolute Gasteiger partial charge is 0.251 e. The number of rotatable bonds is 10. The summed E-state index contributed by atoms with van der Waals surface area (Å²) in [5, 5.41) is 2.81. The highest BCUT2D eigenvalue weighted by Crippen LogP contribution is 2.22. The molecule has 0 aromatic heterocycles. The summed E-state index contributed by atoms with van der Waals surface area (Å²) in [6, 6.07) is 11.5. The van der Waals surface area contributed by atoms with Crippen LogP contribution in [0.25, 0.3) is 0 Å². The first-order valence-electron chi connectivity index (χ1n) is 10.3. The van der Waals surface area contributed by atoms with Gasteiger partial charge in [0.1, 0.15) is 18.1 Å². The minimum atomic E-state index is -3.53. The van der Waals surface area contributed by atoms with Crippen molar-refractivity contribution in [2.45, 2.75) is 11.3 Å². The number of carbonyl (C=O) groups excluding carboxylic acids is 1. The van der Waals surface area contributed by atoms with Gasteiger partial charge in [-0.1, -0.05) is 6.08 Å². The first-order valence-corrected chi connectivity index (χ1v) is 11.8. The largest absolute Gasteiger partial charge is 0.496 e. The number of amides is 1. The first kappa shape index (κ1) is 23.8. The maximum atomic E-state index is 12.6. The Labute approximate surface area is 188 Å². The lowest BCUT2D eigenvalue weighted by Crippen LogP contribution is -2.40. The number of morpholine rings is 1. The maximum Gasteiger partial charge on any atom is 0.251 e. The number of nitrogens with zero attached hydrogens (tertiary/aromatic N) is 1. The number of hydrogen-bond donors (Lipinski definition) is 1. The highest BCUT2D eigenvalue weighted by Gasteiger charge is 2.26. The van der Waals surface area contributed by atoms with Crippen LogP contribution in [0.3, 0.4) is 0 Å². The van der Waals surface area contributed by atoms with Gasteiger partial charge in [-0.25, -0.2) is 8.42 Å². The van der Waals surface area contributed by atoms with E-state index in [9.17, 15) is 13.2 Å². The molecule has 1 aliphatic heterocycles. The van der Waals surface area contributed by atoms with E-state index in [1.807, 2.05) is 0 Å². The molecule has 9 heteroatoms. The first-order chi connectivity index (χ1) is 15.5. The lowest BCUT2D eigenvalue weighted by Gasteiger charge is -2.26. The van der Waals surface area contributed by atoms with Crippen molar-refractivity contribution < 1.29 is 27.4 Å². The van der Waals surface area contributed by atoms with E-state index in [0.29, 0.717) is 56.3 Å². The average Bonchev–Trinajstić information content (AvgIpc) is 2.82. The molecule has 1 N–H and O–H groups in total. The van der Waals surface area contributed by atoms with E-state index in [1.54, 1.807) is 43.5 Å². The van der Waals surface area contributed by atoms with Gasteiger partial charge >= 0.3 is 0 Å². The second kappa shape index (κ2) is 11.1. The molecule has 1 fully saturated rings. The molecule has 3 rings (SSSR count). The summed E-state index contributed by atoms with van der Waals surface area (Å²) in [5.41, 5.74) is 1.42. The molecule has 1 aliphatic rings. The third-order valence-corrected chi connectivity index (χ3v) is 6.91. The zero-order valence-corrected chi connectivity index (χ0v) is 18.9. The molecule has 0 spiro atoms. The Morgan fingerprint density at radius 2 is 1.91 bits per heavy atom. The number of ether oxygens (including phenoxy) is 3. The molecular weight excluding hydrogens is 432 g/mol. The van der Waals surface area contributed by atoms with Crippen LogP contribution < -0.4 is 14.8 Å². The van der Waals surface area contributed by atoms with Crippen molar-refractivity contribution in [2.24, 2.45) is 0 Å². The topological polar surface area (TPSA) is 94.2 Å². The van der Waals surface area contributed by atoms with Gasteiger partial charge in [0, 0.05) is 18.7 Å². The van der Waals surface area contributed by atoms with Gasteiger partial charge in [0.05, 0.1) is 31.8 Å². The highest BCUT2D eigenvalue weighted by molar-refractivity contribution is 7.89. The lowest BCUT2D eigenvalue weighted by atomic mass is 10.1. The van der Waals surface area contributed by atoms with E-state index in [0.717, 1.165) is 5.56 Å². The van der Waals surface area contributed by atoms with Gasteiger partial charge in [-0.15, -0.1) is 6.58 Å². The molecule has 0 saturated carbocycles. The molecule has 0 unspecified atom stereocenters. The normalized spacial score (nSPS) is 14.5. The Hall–Kier alpha value is -2.88. The summed E-state index contributed by atoms with van der Waals surface area (Å²) in [4.78, 5) is 12.6. The second-order valence-corrected chi connectivity index (χ2v) is 9.05. The van der Waals surface area contributed by atoms with Gasteiger partial charge in [0.25, 0.3) is 5.91 Å². The Kier molecular flexibility index (Phi) is 8.26. The summed E-state index contributed by atoms with van der Waals surface area (Å²) in [5.74, 6) is 1.02. The van der Waals surface area contributed by atoms with Crippen molar-refractivity contribution in [3.63, 3.8) is 0 Å². The minimum Gasteiger partial charge on any atom is -0.496 e. The molecule has 2 aromatic rings. The van der Waals surface area contributed by atoms with Gasteiger partial charge in [-0.2, -0.15) is 4.31 Å². The third-order valence-electron chi connectivity index (χ3n) is 4.99. The number of carbonyl (C=O) groups is 1. The molecule has 8 nitrogen and oxygen atoms in total. The van der Waals surface area contributed by atoms with Crippen LogP contribution in [-0.4, -0.2) is 65.2 Å². The summed E-state index contributed by atoms with van der Waals surface area (Å²) in [7, 11) is -1.95. The molecule has 0 radical (unpaired) electrons. The zero-order chi connectivity index (χ0) is 23.0. The van der Waals surface area contributed by atoms with Crippen molar-refractivity contribution in [2.75, 3.05) is 46.6 Å². The predicted octanol–water partition coefficient (Wildman–Crippen LogP) is 2.25. The van der Waals surface area contributed by atoms with Gasteiger partial charge in [-0.3, -0.25) is 4.79 Å². The Bertz CT molecular complexity index is 1030. The quantitative estimate of drug-likeness (QED) is 0.432. The minimum absolute atomic E-state index is 0.214. The Morgan fingerprint density at radius 3 is 2.56 bits per heavy atom. The summed E-state index contributed by atoms with van der Waals surface area (Å²) in [6.45, 7) is 5.78. The van der Waals surface area contributed by atoms with E-state index in [-0.39, 0.29) is 17.4 Å². The van der Waals surface area contributed by atoms with Crippen LogP contribution in [0.1, 0.15) is 15.9 Å². The number of allylic oxidation sites excluding steroid dienone is 1. The molecule has 1 amide bonds. The number of sulfonamides is 1. The van der Waals surface area contributed by atoms with Crippen molar-refractivity contribution in [1.29, 1.82) is 0 Å². The molecule has 0 bridgehead atoms. The van der Waals surface area contributed by atoms with Crippen LogP contribution in [-0.2, 0) is 21.2 Å². The molecule has 32 heavy (non-hydrogen) atoms. The van der Waals surface area contributed by atoms with Gasteiger partial charge < -0.3 is 19.5 Å². The molecule has 2 aromatic carbocycles. The van der Waals surface area contributed by atoms with Crippen LogP contribution >= 0.6 is 0 Å². The molecule has 0 aliphatic carbocycles. The fraction of sp³-hybridized carbons (Fsp3) is 0.348. The third kappa shape index (κ3) is 5.87. The Balaban J connectivity index is 1.50. The van der Waals surface area contributed by atoms with Crippen molar-refractivity contribution in [3.8, 4) is 11.5 Å².